The zero-order chi connectivity index (χ0) is 17.2. The highest BCUT2D eigenvalue weighted by atomic mass is 32.1. The number of anilines is 2. The van der Waals surface area contributed by atoms with Crippen molar-refractivity contribution >= 4 is 38.3 Å². The highest BCUT2D eigenvalue weighted by Crippen LogP contribution is 2.30. The van der Waals surface area contributed by atoms with Gasteiger partial charge in [0.2, 0.25) is 5.91 Å². The Kier molecular flexibility index (Phi) is 4.08. The van der Waals surface area contributed by atoms with Gasteiger partial charge in [0, 0.05) is 12.2 Å². The van der Waals surface area contributed by atoms with Gasteiger partial charge < -0.3 is 4.90 Å². The SMILES string of the molecule is N#CN(CC(=O)N1CCCc2ccccc21)c1nc2ccccc2s1. The number of carbonyl (C=O) groups is 1. The van der Waals surface area contributed by atoms with Crippen molar-refractivity contribution in [2.24, 2.45) is 0 Å². The number of nitriles is 1. The number of hydrogen-bond acceptors (Lipinski definition) is 5. The lowest BCUT2D eigenvalue weighted by Crippen LogP contribution is -2.41. The Balaban J connectivity index is 1.58. The molecule has 3 aromatic rings. The summed E-state index contributed by atoms with van der Waals surface area (Å²) < 4.78 is 1.01. The average molecular weight is 348 g/mol. The van der Waals surface area contributed by atoms with Crippen LogP contribution in [0.5, 0.6) is 0 Å². The highest BCUT2D eigenvalue weighted by Gasteiger charge is 2.25. The van der Waals surface area contributed by atoms with Crippen LogP contribution < -0.4 is 9.80 Å². The summed E-state index contributed by atoms with van der Waals surface area (Å²) >= 11 is 1.43. The fourth-order valence-electron chi connectivity index (χ4n) is 3.13. The molecule has 1 aliphatic rings. The largest absolute Gasteiger partial charge is 0.311 e. The predicted octanol–water partition coefficient (Wildman–Crippen LogP) is 3.56. The lowest BCUT2D eigenvalue weighted by atomic mass is 10.0. The number of carbonyl (C=O) groups excluding carboxylic acids is 1. The van der Waals surface area contributed by atoms with Gasteiger partial charge in [-0.3, -0.25) is 4.79 Å². The maximum atomic E-state index is 12.8. The van der Waals surface area contributed by atoms with E-state index in [9.17, 15) is 10.1 Å². The highest BCUT2D eigenvalue weighted by molar-refractivity contribution is 7.22. The molecule has 0 aliphatic carbocycles. The molecule has 0 saturated heterocycles. The minimum Gasteiger partial charge on any atom is -0.311 e. The second-order valence-electron chi connectivity index (χ2n) is 5.93. The first-order chi connectivity index (χ1) is 12.3. The van der Waals surface area contributed by atoms with Gasteiger partial charge in [0.25, 0.3) is 0 Å². The van der Waals surface area contributed by atoms with Crippen molar-refractivity contribution in [3.63, 3.8) is 0 Å². The van der Waals surface area contributed by atoms with Crippen molar-refractivity contribution in [3.8, 4) is 6.19 Å². The molecule has 0 atom stereocenters. The molecule has 2 heterocycles. The topological polar surface area (TPSA) is 60.2 Å². The zero-order valence-electron chi connectivity index (χ0n) is 13.6. The summed E-state index contributed by atoms with van der Waals surface area (Å²) in [5.74, 6) is -0.0760. The molecule has 4 rings (SSSR count). The van der Waals surface area contributed by atoms with Gasteiger partial charge in [-0.15, -0.1) is 0 Å². The molecule has 0 saturated carbocycles. The molecule has 0 spiro atoms. The van der Waals surface area contributed by atoms with Crippen molar-refractivity contribution in [2.75, 3.05) is 22.9 Å². The van der Waals surface area contributed by atoms with Gasteiger partial charge >= 0.3 is 0 Å². The fraction of sp³-hybridized carbons (Fsp3) is 0.211. The van der Waals surface area contributed by atoms with Gasteiger partial charge in [0.1, 0.15) is 6.54 Å². The third-order valence-electron chi connectivity index (χ3n) is 4.34. The van der Waals surface area contributed by atoms with Gasteiger partial charge in [-0.25, -0.2) is 9.88 Å². The lowest BCUT2D eigenvalue weighted by Gasteiger charge is -2.30. The van der Waals surface area contributed by atoms with Gasteiger partial charge in [-0.05, 0) is 36.6 Å². The Morgan fingerprint density at radius 2 is 2.04 bits per heavy atom. The van der Waals surface area contributed by atoms with Gasteiger partial charge in [0.15, 0.2) is 11.3 Å². The van der Waals surface area contributed by atoms with E-state index in [0.29, 0.717) is 11.7 Å². The quantitative estimate of drug-likeness (QED) is 0.536. The maximum Gasteiger partial charge on any atom is 0.247 e. The number of hydrogen-bond donors (Lipinski definition) is 0. The molecule has 0 unspecified atom stereocenters. The molecule has 0 N–H and O–H groups in total. The Bertz CT molecular complexity index is 942. The third kappa shape index (κ3) is 2.94. The predicted molar refractivity (Wildman–Crippen MR) is 99.7 cm³/mol. The molecule has 124 valence electrons. The normalized spacial score (nSPS) is 13.3. The van der Waals surface area contributed by atoms with E-state index in [4.69, 9.17) is 0 Å². The smallest absolute Gasteiger partial charge is 0.247 e. The molecule has 1 aromatic heterocycles. The van der Waals surface area contributed by atoms with Gasteiger partial charge in [-0.2, -0.15) is 5.26 Å². The number of fused-ring (bicyclic) bond motifs is 2. The fourth-order valence-corrected chi connectivity index (χ4v) is 4.06. The van der Waals surface area contributed by atoms with Crippen LogP contribution in [-0.2, 0) is 11.2 Å². The summed E-state index contributed by atoms with van der Waals surface area (Å²) in [5.41, 5.74) is 2.99. The van der Waals surface area contributed by atoms with E-state index in [0.717, 1.165) is 28.7 Å². The molecule has 6 heteroatoms. The van der Waals surface area contributed by atoms with E-state index >= 15 is 0 Å². The molecule has 0 radical (unpaired) electrons. The number of benzene rings is 2. The Hall–Kier alpha value is -2.91. The number of amides is 1. The Morgan fingerprint density at radius 3 is 2.88 bits per heavy atom. The zero-order valence-corrected chi connectivity index (χ0v) is 14.4. The summed E-state index contributed by atoms with van der Waals surface area (Å²) in [6, 6.07) is 15.7. The van der Waals surface area contributed by atoms with Crippen LogP contribution in [0.1, 0.15) is 12.0 Å². The molecule has 0 fully saturated rings. The molecule has 1 aliphatic heterocycles. The molecule has 5 nitrogen and oxygen atoms in total. The number of para-hydroxylation sites is 2. The molecule has 0 bridgehead atoms. The van der Waals surface area contributed by atoms with Crippen LogP contribution in [0.15, 0.2) is 48.5 Å². The number of aromatic nitrogens is 1. The Morgan fingerprint density at radius 1 is 1.24 bits per heavy atom. The summed E-state index contributed by atoms with van der Waals surface area (Å²) in [6.45, 7) is 0.694. The second-order valence-corrected chi connectivity index (χ2v) is 6.94. The first-order valence-corrected chi connectivity index (χ1v) is 8.99. The lowest BCUT2D eigenvalue weighted by molar-refractivity contribution is -0.117. The van der Waals surface area contributed by atoms with Crippen LogP contribution in [0.2, 0.25) is 0 Å². The summed E-state index contributed by atoms with van der Waals surface area (Å²) in [5, 5.41) is 10.1. The minimum absolute atomic E-state index is 0.00462. The third-order valence-corrected chi connectivity index (χ3v) is 5.40. The van der Waals surface area contributed by atoms with Crippen molar-refractivity contribution in [2.45, 2.75) is 12.8 Å². The van der Waals surface area contributed by atoms with Crippen molar-refractivity contribution in [1.82, 2.24) is 4.98 Å². The van der Waals surface area contributed by atoms with Crippen LogP contribution in [0.4, 0.5) is 10.8 Å². The van der Waals surface area contributed by atoms with E-state index in [1.54, 1.807) is 4.90 Å². The average Bonchev–Trinajstić information content (AvgIpc) is 3.09. The van der Waals surface area contributed by atoms with Crippen molar-refractivity contribution in [1.29, 1.82) is 5.26 Å². The van der Waals surface area contributed by atoms with E-state index in [2.05, 4.69) is 17.2 Å². The summed E-state index contributed by atoms with van der Waals surface area (Å²) in [6.07, 6.45) is 4.03. The molecule has 1 amide bonds. The Labute approximate surface area is 149 Å². The van der Waals surface area contributed by atoms with Crippen molar-refractivity contribution in [3.05, 3.63) is 54.1 Å². The van der Waals surface area contributed by atoms with Crippen molar-refractivity contribution < 1.29 is 4.79 Å². The van der Waals surface area contributed by atoms with E-state index in [1.807, 2.05) is 42.5 Å². The van der Waals surface area contributed by atoms with Crippen LogP contribution >= 0.6 is 11.3 Å². The first-order valence-electron chi connectivity index (χ1n) is 8.17. The molecular formula is C19H16N4OS. The molecular weight excluding hydrogens is 332 g/mol. The number of nitrogens with zero attached hydrogens (tertiary/aromatic N) is 4. The van der Waals surface area contributed by atoms with E-state index < -0.39 is 0 Å². The van der Waals surface area contributed by atoms with E-state index in [1.165, 1.54) is 21.8 Å². The summed E-state index contributed by atoms with van der Waals surface area (Å²) in [4.78, 5) is 20.5. The first kappa shape index (κ1) is 15.6. The van der Waals surface area contributed by atoms with Crippen LogP contribution in [-0.4, -0.2) is 24.0 Å². The maximum absolute atomic E-state index is 12.8. The van der Waals surface area contributed by atoms with Crippen LogP contribution in [0.3, 0.4) is 0 Å². The molecule has 25 heavy (non-hydrogen) atoms. The number of rotatable bonds is 3. The monoisotopic (exact) mass is 348 g/mol. The van der Waals surface area contributed by atoms with Crippen LogP contribution in [0, 0.1) is 11.5 Å². The van der Waals surface area contributed by atoms with Gasteiger partial charge in [-0.1, -0.05) is 41.7 Å². The molecule has 2 aromatic carbocycles. The van der Waals surface area contributed by atoms with E-state index in [-0.39, 0.29) is 12.5 Å². The van der Waals surface area contributed by atoms with Crippen LogP contribution in [0.25, 0.3) is 10.2 Å². The summed E-state index contributed by atoms with van der Waals surface area (Å²) in [7, 11) is 0. The minimum atomic E-state index is -0.0760. The number of thiazole rings is 1. The standard InChI is InChI=1S/C19H16N4OS/c20-13-22(19-21-15-8-2-4-10-17(15)25-19)12-18(24)23-11-5-7-14-6-1-3-9-16(14)23/h1-4,6,8-10H,5,7,11-12H2. The van der Waals surface area contributed by atoms with Gasteiger partial charge in [0.05, 0.1) is 10.2 Å². The number of aryl methyl sites for hydroxylation is 1. The second kappa shape index (κ2) is 6.54.